The van der Waals surface area contributed by atoms with Gasteiger partial charge in [-0.05, 0) is 38.8 Å². The molecule has 4 heterocycles. The van der Waals surface area contributed by atoms with Crippen LogP contribution in [0, 0.1) is 0 Å². The summed E-state index contributed by atoms with van der Waals surface area (Å²) in [5.41, 5.74) is 0.880. The minimum atomic E-state index is -4.61. The van der Waals surface area contributed by atoms with Gasteiger partial charge in [-0.1, -0.05) is 6.07 Å². The number of rotatable bonds is 6. The van der Waals surface area contributed by atoms with E-state index in [4.69, 9.17) is 14.5 Å². The fraction of sp³-hybridized carbons (Fsp3) is 0.435. The lowest BCUT2D eigenvalue weighted by Gasteiger charge is -2.19. The zero-order chi connectivity index (χ0) is 22.9. The number of ketones is 1. The molecule has 6 nitrogen and oxygen atoms in total. The van der Waals surface area contributed by atoms with Crippen LogP contribution in [0.15, 0.2) is 36.7 Å². The zero-order valence-corrected chi connectivity index (χ0v) is 17.9. The standard InChI is InChI=1S/C23H24F3N3O3/c1-14(2)32-20-11-22-28-18(15-6-8-31-9-7-15)13-29(22)12-16(20)10-19(30)17-4-3-5-21(27-17)23(24,25)26/h3-5,11-15H,6-10H2,1-2H3. The Hall–Kier alpha value is -2.94. The van der Waals surface area contributed by atoms with Crippen LogP contribution in [0.1, 0.15) is 60.0 Å². The van der Waals surface area contributed by atoms with Gasteiger partial charge in [0.1, 0.15) is 22.8 Å². The number of carbonyl (C=O) groups excluding carboxylic acids is 1. The van der Waals surface area contributed by atoms with Crippen LogP contribution in [0.4, 0.5) is 13.2 Å². The Labute approximate surface area is 183 Å². The first-order chi connectivity index (χ1) is 15.2. The van der Waals surface area contributed by atoms with Crippen molar-refractivity contribution in [3.8, 4) is 5.75 Å². The molecule has 1 aliphatic heterocycles. The Morgan fingerprint density at radius 2 is 1.97 bits per heavy atom. The Bertz CT molecular complexity index is 1120. The summed E-state index contributed by atoms with van der Waals surface area (Å²) >= 11 is 0. The van der Waals surface area contributed by atoms with Crippen LogP contribution >= 0.6 is 0 Å². The van der Waals surface area contributed by atoms with Gasteiger partial charge in [0.25, 0.3) is 0 Å². The summed E-state index contributed by atoms with van der Waals surface area (Å²) in [6.45, 7) is 5.13. The molecule has 3 aromatic rings. The summed E-state index contributed by atoms with van der Waals surface area (Å²) in [4.78, 5) is 21.0. The fourth-order valence-electron chi connectivity index (χ4n) is 3.78. The lowest BCUT2D eigenvalue weighted by Crippen LogP contribution is -2.14. The third-order valence-electron chi connectivity index (χ3n) is 5.33. The molecule has 1 saturated heterocycles. The molecular weight excluding hydrogens is 423 g/mol. The SMILES string of the molecule is CC(C)Oc1cc2nc(C3CCOCC3)cn2cc1CC(=O)c1cccc(C(F)(F)F)n1. The van der Waals surface area contributed by atoms with Gasteiger partial charge in [-0.15, -0.1) is 0 Å². The van der Waals surface area contributed by atoms with Crippen molar-refractivity contribution in [3.63, 3.8) is 0 Å². The van der Waals surface area contributed by atoms with Gasteiger partial charge in [0, 0.05) is 49.6 Å². The van der Waals surface area contributed by atoms with Gasteiger partial charge < -0.3 is 13.9 Å². The molecule has 0 unspecified atom stereocenters. The first-order valence-corrected chi connectivity index (χ1v) is 10.5. The van der Waals surface area contributed by atoms with Gasteiger partial charge in [-0.2, -0.15) is 13.2 Å². The maximum Gasteiger partial charge on any atom is 0.433 e. The average Bonchev–Trinajstić information content (AvgIpc) is 3.16. The van der Waals surface area contributed by atoms with Crippen LogP contribution in [0.3, 0.4) is 0 Å². The molecule has 1 aliphatic rings. The van der Waals surface area contributed by atoms with Crippen molar-refractivity contribution in [3.05, 3.63) is 59.3 Å². The molecular formula is C23H24F3N3O3. The number of carbonyl (C=O) groups is 1. The van der Waals surface area contributed by atoms with Gasteiger partial charge in [0.05, 0.1) is 11.8 Å². The highest BCUT2D eigenvalue weighted by Crippen LogP contribution is 2.30. The van der Waals surface area contributed by atoms with E-state index in [0.29, 0.717) is 36.1 Å². The monoisotopic (exact) mass is 447 g/mol. The largest absolute Gasteiger partial charge is 0.491 e. The second-order valence-corrected chi connectivity index (χ2v) is 8.15. The molecule has 0 radical (unpaired) electrons. The molecule has 0 bridgehead atoms. The van der Waals surface area contributed by atoms with Crippen molar-refractivity contribution < 1.29 is 27.4 Å². The number of imidazole rings is 1. The Balaban J connectivity index is 1.66. The highest BCUT2D eigenvalue weighted by Gasteiger charge is 2.33. The van der Waals surface area contributed by atoms with Gasteiger partial charge >= 0.3 is 6.18 Å². The van der Waals surface area contributed by atoms with Crippen molar-refractivity contribution in [1.29, 1.82) is 0 Å². The van der Waals surface area contributed by atoms with Crippen molar-refractivity contribution in [2.75, 3.05) is 13.2 Å². The number of nitrogens with zero attached hydrogens (tertiary/aromatic N) is 3. The fourth-order valence-corrected chi connectivity index (χ4v) is 3.78. The highest BCUT2D eigenvalue weighted by molar-refractivity contribution is 5.96. The smallest absolute Gasteiger partial charge is 0.433 e. The summed E-state index contributed by atoms with van der Waals surface area (Å²) in [5.74, 6) is 0.267. The second-order valence-electron chi connectivity index (χ2n) is 8.15. The number of Topliss-reactive ketones (excluding diaryl/α,β-unsaturated/α-hetero) is 1. The van der Waals surface area contributed by atoms with Gasteiger partial charge in [-0.3, -0.25) is 4.79 Å². The van der Waals surface area contributed by atoms with E-state index in [1.807, 2.05) is 24.4 Å². The Morgan fingerprint density at radius 1 is 1.22 bits per heavy atom. The average molecular weight is 447 g/mol. The quantitative estimate of drug-likeness (QED) is 0.505. The topological polar surface area (TPSA) is 65.7 Å². The van der Waals surface area contributed by atoms with Crippen LogP contribution in [0.2, 0.25) is 0 Å². The highest BCUT2D eigenvalue weighted by atomic mass is 19.4. The maximum absolute atomic E-state index is 13.0. The Kier molecular flexibility index (Phi) is 6.19. The van der Waals surface area contributed by atoms with Crippen LogP contribution in [0.5, 0.6) is 5.75 Å². The third kappa shape index (κ3) is 4.93. The van der Waals surface area contributed by atoms with E-state index in [1.54, 1.807) is 12.3 Å². The number of halogens is 3. The first-order valence-electron chi connectivity index (χ1n) is 10.5. The number of fused-ring (bicyclic) bond motifs is 1. The van der Waals surface area contributed by atoms with Crippen molar-refractivity contribution in [1.82, 2.24) is 14.4 Å². The van der Waals surface area contributed by atoms with Crippen LogP contribution in [0.25, 0.3) is 5.65 Å². The zero-order valence-electron chi connectivity index (χ0n) is 17.9. The number of pyridine rings is 2. The summed E-state index contributed by atoms with van der Waals surface area (Å²) in [6, 6.07) is 5.10. The molecule has 0 amide bonds. The van der Waals surface area contributed by atoms with E-state index in [1.165, 1.54) is 12.1 Å². The maximum atomic E-state index is 13.0. The van der Waals surface area contributed by atoms with Crippen molar-refractivity contribution in [2.45, 2.75) is 51.3 Å². The third-order valence-corrected chi connectivity index (χ3v) is 5.33. The number of hydrogen-bond acceptors (Lipinski definition) is 5. The molecule has 0 aromatic carbocycles. The molecule has 4 rings (SSSR count). The lowest BCUT2D eigenvalue weighted by atomic mass is 9.97. The predicted molar refractivity (Wildman–Crippen MR) is 111 cm³/mol. The normalized spacial score (nSPS) is 15.4. The van der Waals surface area contributed by atoms with E-state index in [2.05, 4.69) is 4.98 Å². The molecule has 0 aliphatic carbocycles. The predicted octanol–water partition coefficient (Wildman–Crippen LogP) is 4.85. The van der Waals surface area contributed by atoms with Crippen LogP contribution < -0.4 is 4.74 Å². The minimum Gasteiger partial charge on any atom is -0.491 e. The van der Waals surface area contributed by atoms with Gasteiger partial charge in [0.2, 0.25) is 0 Å². The van der Waals surface area contributed by atoms with E-state index in [9.17, 15) is 18.0 Å². The summed E-state index contributed by atoms with van der Waals surface area (Å²) in [6.07, 6.45) is 0.575. The second kappa shape index (κ2) is 8.90. The van der Waals surface area contributed by atoms with Crippen molar-refractivity contribution >= 4 is 11.4 Å². The molecule has 9 heteroatoms. The van der Waals surface area contributed by atoms with Gasteiger partial charge in [-0.25, -0.2) is 9.97 Å². The molecule has 0 atom stereocenters. The molecule has 0 N–H and O–H groups in total. The van der Waals surface area contributed by atoms with E-state index >= 15 is 0 Å². The van der Waals surface area contributed by atoms with E-state index in [-0.39, 0.29) is 18.2 Å². The summed E-state index contributed by atoms with van der Waals surface area (Å²) in [5, 5.41) is 0. The Morgan fingerprint density at radius 3 is 2.66 bits per heavy atom. The molecule has 1 fully saturated rings. The first kappa shape index (κ1) is 22.3. The minimum absolute atomic E-state index is 0.142. The molecule has 0 saturated carbocycles. The lowest BCUT2D eigenvalue weighted by molar-refractivity contribution is -0.141. The number of aromatic nitrogens is 3. The van der Waals surface area contributed by atoms with Crippen LogP contribution in [-0.2, 0) is 17.3 Å². The molecule has 170 valence electrons. The number of ether oxygens (including phenoxy) is 2. The van der Waals surface area contributed by atoms with Gasteiger partial charge in [0.15, 0.2) is 5.78 Å². The summed E-state index contributed by atoms with van der Waals surface area (Å²) < 4.78 is 52.1. The molecule has 32 heavy (non-hydrogen) atoms. The number of alkyl halides is 3. The molecule has 3 aromatic heterocycles. The van der Waals surface area contributed by atoms with Crippen LogP contribution in [-0.4, -0.2) is 39.5 Å². The number of hydrogen-bond donors (Lipinski definition) is 0. The van der Waals surface area contributed by atoms with E-state index in [0.717, 1.165) is 24.6 Å². The summed E-state index contributed by atoms with van der Waals surface area (Å²) in [7, 11) is 0. The molecule has 0 spiro atoms. The van der Waals surface area contributed by atoms with Crippen molar-refractivity contribution in [2.24, 2.45) is 0 Å². The van der Waals surface area contributed by atoms with E-state index < -0.39 is 17.7 Å².